The Morgan fingerprint density at radius 3 is 2.81 bits per heavy atom. The van der Waals surface area contributed by atoms with Gasteiger partial charge in [-0.3, -0.25) is 0 Å². The number of nitrogens with zero attached hydrogens (tertiary/aromatic N) is 2. The summed E-state index contributed by atoms with van der Waals surface area (Å²) in [5.41, 5.74) is 12.2. The van der Waals surface area contributed by atoms with Crippen molar-refractivity contribution in [1.29, 1.82) is 0 Å². The minimum Gasteiger partial charge on any atom is -0.490 e. The molecule has 0 saturated heterocycles. The molecule has 2 aromatic heterocycles. The van der Waals surface area contributed by atoms with Gasteiger partial charge in [-0.1, -0.05) is 78.9 Å². The molecule has 1 spiro atoms. The topological polar surface area (TPSA) is 54.5 Å². The molecule has 4 unspecified atom stereocenters. The average Bonchev–Trinajstić information content (AvgIpc) is 3.81. The normalized spacial score (nSPS) is 26.7. The third-order valence-electron chi connectivity index (χ3n) is 12.3. The first-order valence-electron chi connectivity index (χ1n) is 18.9. The van der Waals surface area contributed by atoms with Gasteiger partial charge in [0, 0.05) is 89.5 Å². The summed E-state index contributed by atoms with van der Waals surface area (Å²) in [6, 6.07) is 18.3. The van der Waals surface area contributed by atoms with Crippen LogP contribution in [0.3, 0.4) is 0 Å². The van der Waals surface area contributed by atoms with Crippen LogP contribution in [0.2, 0.25) is 0 Å². The molecule has 7 aliphatic rings. The number of para-hydroxylation sites is 1. The summed E-state index contributed by atoms with van der Waals surface area (Å²) in [5, 5.41) is 4.71. The van der Waals surface area contributed by atoms with Gasteiger partial charge in [-0.25, -0.2) is 0 Å². The predicted molar refractivity (Wildman–Crippen MR) is 207 cm³/mol. The van der Waals surface area contributed by atoms with Gasteiger partial charge in [-0.15, -0.1) is 0 Å². The van der Waals surface area contributed by atoms with Crippen LogP contribution < -0.4 is 10.1 Å². The molecule has 258 valence electrons. The molecule has 4 aromatic rings. The fourth-order valence-electron chi connectivity index (χ4n) is 9.98. The minimum absolute atomic E-state index is 0.0413. The summed E-state index contributed by atoms with van der Waals surface area (Å²) >= 11 is 0. The Morgan fingerprint density at radius 2 is 1.87 bits per heavy atom. The third-order valence-corrected chi connectivity index (χ3v) is 12.3. The fourth-order valence-corrected chi connectivity index (χ4v) is 9.98. The van der Waals surface area contributed by atoms with Crippen molar-refractivity contribution < 1.29 is 9.47 Å². The monoisotopic (exact) mass is 682 g/mol. The molecule has 6 nitrogen and oxygen atoms in total. The molecule has 0 bridgehead atoms. The highest BCUT2D eigenvalue weighted by atomic mass is 16.5. The molecular formula is C46H42N4O2. The van der Waals surface area contributed by atoms with Gasteiger partial charge in [0.05, 0.1) is 18.0 Å². The maximum Gasteiger partial charge on any atom is 0.132 e. The second-order valence-corrected chi connectivity index (χ2v) is 15.3. The molecule has 0 radical (unpaired) electrons. The summed E-state index contributed by atoms with van der Waals surface area (Å²) < 4.78 is 16.7. The van der Waals surface area contributed by atoms with Crippen LogP contribution in [0.15, 0.2) is 144 Å². The third kappa shape index (κ3) is 4.30. The molecule has 6 heterocycles. The molecule has 0 saturated carbocycles. The van der Waals surface area contributed by atoms with Crippen LogP contribution in [-0.2, 0) is 16.7 Å². The lowest BCUT2D eigenvalue weighted by atomic mass is 9.57. The molecule has 11 rings (SSSR count). The van der Waals surface area contributed by atoms with Gasteiger partial charge in [0.1, 0.15) is 23.4 Å². The largest absolute Gasteiger partial charge is 0.490 e. The van der Waals surface area contributed by atoms with Gasteiger partial charge < -0.3 is 29.2 Å². The SMILES string of the molecule is CN1C=Cc2c(n(C3C=CC4=C(C3)OC3CC=CC=C3C43C4=C(CCC=C4)Oc4cc(-c5c[nH]c(C6CC=CNC6)c5)ccc43)c3ccccc23)C1. The van der Waals surface area contributed by atoms with Crippen molar-refractivity contribution in [3.63, 3.8) is 0 Å². The van der Waals surface area contributed by atoms with Crippen LogP contribution >= 0.6 is 0 Å². The lowest BCUT2D eigenvalue weighted by Crippen LogP contribution is -2.46. The van der Waals surface area contributed by atoms with Gasteiger partial charge in [0.2, 0.25) is 0 Å². The van der Waals surface area contributed by atoms with E-state index in [2.05, 4.69) is 149 Å². The number of hydrogen-bond donors (Lipinski definition) is 2. The molecule has 2 aromatic carbocycles. The van der Waals surface area contributed by atoms with Gasteiger partial charge in [-0.05, 0) is 66.2 Å². The highest BCUT2D eigenvalue weighted by Crippen LogP contribution is 2.61. The van der Waals surface area contributed by atoms with Crippen molar-refractivity contribution in [3.05, 3.63) is 166 Å². The fraction of sp³-hybridized carbons (Fsp3) is 0.261. The quantitative estimate of drug-likeness (QED) is 0.226. The van der Waals surface area contributed by atoms with Crippen molar-refractivity contribution in [3.8, 4) is 16.9 Å². The zero-order chi connectivity index (χ0) is 34.4. The Hall–Kier alpha value is -5.62. The van der Waals surface area contributed by atoms with E-state index < -0.39 is 5.41 Å². The smallest absolute Gasteiger partial charge is 0.132 e. The molecule has 52 heavy (non-hydrogen) atoms. The standard InChI is InChI=1S/C46H42N4O2/c1-49-22-20-34-33-10-2-5-13-40(33)50(41(34)28-49)32-17-19-38-45(25-32)52-43-15-7-4-12-36(43)46(38)35-11-3-6-14-42(35)51-44-24-29(16-18-37(44)46)31-23-39(48-27-31)30-9-8-21-47-26-30/h2-5,7-8,10-13,16-24,27,30,32,43,47-48H,6,9,14-15,25-26,28H2,1H3. The maximum absolute atomic E-state index is 7.15. The number of fused-ring (bicyclic) bond motifs is 9. The van der Waals surface area contributed by atoms with E-state index >= 15 is 0 Å². The summed E-state index contributed by atoms with van der Waals surface area (Å²) in [6.45, 7) is 1.83. The summed E-state index contributed by atoms with van der Waals surface area (Å²) in [5.74, 6) is 3.59. The van der Waals surface area contributed by atoms with E-state index in [1.165, 1.54) is 61.3 Å². The second kappa shape index (κ2) is 11.4. The van der Waals surface area contributed by atoms with Crippen LogP contribution in [0, 0.1) is 0 Å². The number of allylic oxidation sites excluding steroid dienone is 11. The second-order valence-electron chi connectivity index (χ2n) is 15.3. The predicted octanol–water partition coefficient (Wildman–Crippen LogP) is 9.62. The Kier molecular flexibility index (Phi) is 6.61. The summed E-state index contributed by atoms with van der Waals surface area (Å²) in [7, 11) is 2.16. The summed E-state index contributed by atoms with van der Waals surface area (Å²) in [4.78, 5) is 5.87. The zero-order valence-corrected chi connectivity index (χ0v) is 29.4. The van der Waals surface area contributed by atoms with Gasteiger partial charge in [0.15, 0.2) is 0 Å². The molecule has 0 fully saturated rings. The van der Waals surface area contributed by atoms with Crippen LogP contribution in [-0.4, -0.2) is 34.1 Å². The van der Waals surface area contributed by atoms with Crippen molar-refractivity contribution in [1.82, 2.24) is 19.8 Å². The molecule has 2 N–H and O–H groups in total. The number of aromatic amines is 1. The van der Waals surface area contributed by atoms with E-state index in [9.17, 15) is 0 Å². The number of ether oxygens (including phenoxy) is 2. The van der Waals surface area contributed by atoms with Gasteiger partial charge in [0.25, 0.3) is 0 Å². The molecular weight excluding hydrogens is 641 g/mol. The van der Waals surface area contributed by atoms with Crippen molar-refractivity contribution in [2.24, 2.45) is 0 Å². The first kappa shape index (κ1) is 30.0. The molecule has 4 aliphatic heterocycles. The Labute approximate surface area is 304 Å². The van der Waals surface area contributed by atoms with E-state index in [-0.39, 0.29) is 12.1 Å². The molecule has 3 aliphatic carbocycles. The highest BCUT2D eigenvalue weighted by Gasteiger charge is 2.55. The van der Waals surface area contributed by atoms with E-state index in [1.807, 2.05) is 0 Å². The number of benzene rings is 2. The Morgan fingerprint density at radius 1 is 0.923 bits per heavy atom. The van der Waals surface area contributed by atoms with Crippen molar-refractivity contribution in [2.75, 3.05) is 13.6 Å². The highest BCUT2D eigenvalue weighted by molar-refractivity contribution is 5.92. The first-order valence-corrected chi connectivity index (χ1v) is 18.9. The lowest BCUT2D eigenvalue weighted by Gasteiger charge is -2.51. The summed E-state index contributed by atoms with van der Waals surface area (Å²) in [6.07, 6.45) is 31.8. The first-order chi connectivity index (χ1) is 25.7. The van der Waals surface area contributed by atoms with Crippen LogP contribution in [0.25, 0.3) is 28.1 Å². The number of nitrogens with one attached hydrogen (secondary N) is 2. The molecule has 6 heteroatoms. The minimum atomic E-state index is -0.493. The number of H-pyrrole nitrogens is 1. The van der Waals surface area contributed by atoms with E-state index in [1.54, 1.807) is 0 Å². The van der Waals surface area contributed by atoms with E-state index in [4.69, 9.17) is 9.47 Å². The van der Waals surface area contributed by atoms with Crippen LogP contribution in [0.4, 0.5) is 0 Å². The van der Waals surface area contributed by atoms with Crippen molar-refractivity contribution >= 4 is 17.0 Å². The number of aromatic nitrogens is 2. The molecule has 4 atom stereocenters. The molecule has 0 amide bonds. The van der Waals surface area contributed by atoms with Gasteiger partial charge >= 0.3 is 0 Å². The van der Waals surface area contributed by atoms with E-state index in [0.717, 1.165) is 62.5 Å². The van der Waals surface area contributed by atoms with Crippen LogP contribution in [0.5, 0.6) is 5.75 Å². The number of rotatable bonds is 3. The average molecular weight is 683 g/mol. The van der Waals surface area contributed by atoms with Crippen molar-refractivity contribution in [2.45, 2.75) is 62.1 Å². The Balaban J connectivity index is 1.06. The zero-order valence-electron chi connectivity index (χ0n) is 29.4. The lowest BCUT2D eigenvalue weighted by molar-refractivity contribution is 0.104. The number of hydrogen-bond acceptors (Lipinski definition) is 4. The Bertz CT molecular complexity index is 2420. The maximum atomic E-state index is 7.15. The van der Waals surface area contributed by atoms with E-state index in [0.29, 0.717) is 5.92 Å². The van der Waals surface area contributed by atoms with Gasteiger partial charge in [-0.2, -0.15) is 0 Å². The van der Waals surface area contributed by atoms with Crippen LogP contribution in [0.1, 0.15) is 66.6 Å².